The lowest BCUT2D eigenvalue weighted by Crippen LogP contribution is -2.39. The smallest absolute Gasteiger partial charge is 0.417 e. The van der Waals surface area contributed by atoms with Gasteiger partial charge in [0.2, 0.25) is 0 Å². The van der Waals surface area contributed by atoms with Crippen LogP contribution in [0.4, 0.5) is 18.9 Å². The number of hydrazone groups is 1. The van der Waals surface area contributed by atoms with Crippen molar-refractivity contribution >= 4 is 45.4 Å². The molecule has 0 aliphatic rings. The molecule has 200 valence electrons. The number of halogens is 4. The fraction of sp³-hybridized carbons (Fsp3) is 0.160. The molecule has 1 amide bonds. The predicted molar refractivity (Wildman–Crippen MR) is 136 cm³/mol. The number of alkyl halides is 3. The molecule has 0 aliphatic carbocycles. The van der Waals surface area contributed by atoms with Gasteiger partial charge in [0.25, 0.3) is 15.9 Å². The summed E-state index contributed by atoms with van der Waals surface area (Å²) in [5.74, 6) is -1.11. The van der Waals surface area contributed by atoms with Gasteiger partial charge in [0.05, 0.1) is 27.4 Å². The molecular formula is C25H21ClF3N3O5S. The van der Waals surface area contributed by atoms with Gasteiger partial charge in [0, 0.05) is 6.92 Å². The summed E-state index contributed by atoms with van der Waals surface area (Å²) in [4.78, 5) is 23.4. The lowest BCUT2D eigenvalue weighted by atomic mass is 10.2. The minimum Gasteiger partial charge on any atom is -0.427 e. The Morgan fingerprint density at radius 2 is 1.68 bits per heavy atom. The topological polar surface area (TPSA) is 105 Å². The molecule has 0 aliphatic heterocycles. The molecule has 0 unspecified atom stereocenters. The average molecular weight is 568 g/mol. The van der Waals surface area contributed by atoms with Crippen LogP contribution in [0, 0.1) is 6.92 Å². The van der Waals surface area contributed by atoms with Crippen LogP contribution in [0.5, 0.6) is 5.75 Å². The zero-order valence-electron chi connectivity index (χ0n) is 20.0. The van der Waals surface area contributed by atoms with E-state index in [1.807, 2.05) is 0 Å². The van der Waals surface area contributed by atoms with Crippen LogP contribution >= 0.6 is 11.6 Å². The summed E-state index contributed by atoms with van der Waals surface area (Å²) in [5.41, 5.74) is 1.76. The largest absolute Gasteiger partial charge is 0.427 e. The first-order valence-electron chi connectivity index (χ1n) is 10.8. The van der Waals surface area contributed by atoms with Gasteiger partial charge in [-0.15, -0.1) is 0 Å². The first-order valence-corrected chi connectivity index (χ1v) is 12.7. The second-order valence-corrected chi connectivity index (χ2v) is 10.2. The molecule has 1 N–H and O–H groups in total. The Kier molecular flexibility index (Phi) is 8.79. The summed E-state index contributed by atoms with van der Waals surface area (Å²) in [6, 6.07) is 14.3. The Bertz CT molecular complexity index is 1460. The van der Waals surface area contributed by atoms with Crippen molar-refractivity contribution in [2.75, 3.05) is 10.8 Å². The molecule has 0 radical (unpaired) electrons. The summed E-state index contributed by atoms with van der Waals surface area (Å²) >= 11 is 5.69. The van der Waals surface area contributed by atoms with E-state index < -0.39 is 50.9 Å². The molecule has 3 aromatic carbocycles. The number of rotatable bonds is 8. The van der Waals surface area contributed by atoms with Gasteiger partial charge >= 0.3 is 12.1 Å². The number of amides is 1. The Morgan fingerprint density at radius 1 is 1.05 bits per heavy atom. The predicted octanol–water partition coefficient (Wildman–Crippen LogP) is 4.94. The van der Waals surface area contributed by atoms with Crippen molar-refractivity contribution in [3.05, 3.63) is 88.4 Å². The molecule has 0 spiro atoms. The van der Waals surface area contributed by atoms with E-state index in [9.17, 15) is 31.2 Å². The van der Waals surface area contributed by atoms with Gasteiger partial charge in [0.1, 0.15) is 12.3 Å². The number of hydrogen-bond acceptors (Lipinski definition) is 6. The number of carbonyl (C=O) groups excluding carboxylic acids is 2. The maximum atomic E-state index is 13.5. The molecule has 0 saturated heterocycles. The molecule has 0 fully saturated rings. The van der Waals surface area contributed by atoms with E-state index in [0.717, 1.165) is 17.7 Å². The third kappa shape index (κ3) is 7.33. The minimum absolute atomic E-state index is 0.226. The van der Waals surface area contributed by atoms with E-state index in [1.54, 1.807) is 19.1 Å². The monoisotopic (exact) mass is 567 g/mol. The molecular weight excluding hydrogens is 547 g/mol. The molecule has 8 nitrogen and oxygen atoms in total. The SMILES string of the molecule is CC(=O)Oc1ccc(/C=N\NC(=O)CN(c2ccc(Cl)c(C(F)(F)F)c2)S(=O)(=O)c2ccc(C)cc2)cc1. The number of esters is 1. The zero-order valence-corrected chi connectivity index (χ0v) is 21.6. The van der Waals surface area contributed by atoms with Crippen molar-refractivity contribution in [3.63, 3.8) is 0 Å². The van der Waals surface area contributed by atoms with Crippen LogP contribution in [-0.4, -0.2) is 33.1 Å². The number of nitrogens with one attached hydrogen (secondary N) is 1. The lowest BCUT2D eigenvalue weighted by Gasteiger charge is -2.25. The first-order chi connectivity index (χ1) is 17.8. The maximum absolute atomic E-state index is 13.5. The quantitative estimate of drug-likeness (QED) is 0.180. The van der Waals surface area contributed by atoms with Crippen LogP contribution in [-0.2, 0) is 25.8 Å². The van der Waals surface area contributed by atoms with Crippen LogP contribution in [0.3, 0.4) is 0 Å². The Balaban J connectivity index is 1.88. The van der Waals surface area contributed by atoms with Crippen molar-refractivity contribution in [3.8, 4) is 5.75 Å². The number of nitrogens with zero attached hydrogens (tertiary/aromatic N) is 2. The van der Waals surface area contributed by atoms with Crippen LogP contribution in [0.15, 0.2) is 76.7 Å². The third-order valence-corrected chi connectivity index (χ3v) is 7.10. The second-order valence-electron chi connectivity index (χ2n) is 7.94. The number of benzene rings is 3. The molecule has 0 heterocycles. The minimum atomic E-state index is -4.86. The van der Waals surface area contributed by atoms with E-state index in [0.29, 0.717) is 21.7 Å². The fourth-order valence-corrected chi connectivity index (χ4v) is 4.81. The van der Waals surface area contributed by atoms with E-state index >= 15 is 0 Å². The van der Waals surface area contributed by atoms with E-state index in [4.69, 9.17) is 16.3 Å². The highest BCUT2D eigenvalue weighted by molar-refractivity contribution is 7.92. The van der Waals surface area contributed by atoms with Crippen molar-refractivity contribution in [2.24, 2.45) is 5.10 Å². The number of carbonyl (C=O) groups is 2. The highest BCUT2D eigenvalue weighted by Gasteiger charge is 2.35. The van der Waals surface area contributed by atoms with Gasteiger partial charge < -0.3 is 4.74 Å². The lowest BCUT2D eigenvalue weighted by molar-refractivity contribution is -0.137. The molecule has 13 heteroatoms. The van der Waals surface area contributed by atoms with Crippen LogP contribution in [0.1, 0.15) is 23.6 Å². The molecule has 3 rings (SSSR count). The molecule has 0 atom stereocenters. The van der Waals surface area contributed by atoms with Crippen LogP contribution in [0.25, 0.3) is 0 Å². The van der Waals surface area contributed by atoms with Crippen LogP contribution in [0.2, 0.25) is 5.02 Å². The Hall–Kier alpha value is -3.90. The number of ether oxygens (including phenoxy) is 1. The first kappa shape index (κ1) is 28.7. The van der Waals surface area contributed by atoms with E-state index in [1.165, 1.54) is 49.5 Å². The summed E-state index contributed by atoms with van der Waals surface area (Å²) in [6.07, 6.45) is -3.61. The van der Waals surface area contributed by atoms with Crippen LogP contribution < -0.4 is 14.5 Å². The maximum Gasteiger partial charge on any atom is 0.417 e. The van der Waals surface area contributed by atoms with Gasteiger partial charge in [0.15, 0.2) is 0 Å². The summed E-state index contributed by atoms with van der Waals surface area (Å²) < 4.78 is 72.6. The standard InChI is InChI=1S/C25H21ClF3N3O5S/c1-16-3-10-21(11-4-16)38(35,36)32(19-7-12-23(26)22(13-19)25(27,28)29)15-24(34)31-30-14-18-5-8-20(9-6-18)37-17(2)33/h3-14H,15H2,1-2H3,(H,31,34)/b30-14-. The number of sulfonamides is 1. The van der Waals surface area contributed by atoms with Gasteiger partial charge in [-0.2, -0.15) is 18.3 Å². The number of aryl methyl sites for hydroxylation is 1. The second kappa shape index (κ2) is 11.7. The van der Waals surface area contributed by atoms with Crippen molar-refractivity contribution in [1.82, 2.24) is 5.43 Å². The summed E-state index contributed by atoms with van der Waals surface area (Å²) in [6.45, 7) is 2.11. The molecule has 0 bridgehead atoms. The van der Waals surface area contributed by atoms with Crippen molar-refractivity contribution < 1.29 is 35.9 Å². The van der Waals surface area contributed by atoms with Crippen molar-refractivity contribution in [2.45, 2.75) is 24.9 Å². The number of hydrogen-bond donors (Lipinski definition) is 1. The third-order valence-electron chi connectivity index (χ3n) is 4.98. The van der Waals surface area contributed by atoms with Gasteiger partial charge in [-0.25, -0.2) is 13.8 Å². The highest BCUT2D eigenvalue weighted by atomic mass is 35.5. The Labute approximate surface area is 221 Å². The zero-order chi connectivity index (χ0) is 28.1. The normalized spacial score (nSPS) is 11.8. The average Bonchev–Trinajstić information content (AvgIpc) is 2.83. The molecule has 38 heavy (non-hydrogen) atoms. The van der Waals surface area contributed by atoms with Gasteiger partial charge in [-0.05, 0) is 67.1 Å². The van der Waals surface area contributed by atoms with Gasteiger partial charge in [-0.1, -0.05) is 29.3 Å². The fourth-order valence-electron chi connectivity index (χ4n) is 3.17. The molecule has 0 saturated carbocycles. The Morgan fingerprint density at radius 3 is 2.26 bits per heavy atom. The molecule has 3 aromatic rings. The van der Waals surface area contributed by atoms with Crippen molar-refractivity contribution in [1.29, 1.82) is 0 Å². The van der Waals surface area contributed by atoms with Gasteiger partial charge in [-0.3, -0.25) is 13.9 Å². The summed E-state index contributed by atoms with van der Waals surface area (Å²) in [5, 5.41) is 3.14. The summed E-state index contributed by atoms with van der Waals surface area (Å²) in [7, 11) is -4.46. The van der Waals surface area contributed by atoms with E-state index in [-0.39, 0.29) is 4.90 Å². The highest BCUT2D eigenvalue weighted by Crippen LogP contribution is 2.38. The molecule has 0 aromatic heterocycles. The van der Waals surface area contributed by atoms with E-state index in [2.05, 4.69) is 10.5 Å². The number of anilines is 1.